The first kappa shape index (κ1) is 44.0. The van der Waals surface area contributed by atoms with Gasteiger partial charge in [0.15, 0.2) is 0 Å². The van der Waals surface area contributed by atoms with E-state index in [0.717, 1.165) is 84.0 Å². The third kappa shape index (κ3) is 9.38. The van der Waals surface area contributed by atoms with Crippen LogP contribution in [-0.4, -0.2) is 28.8 Å². The van der Waals surface area contributed by atoms with Gasteiger partial charge in [-0.3, -0.25) is 10.4 Å². The van der Waals surface area contributed by atoms with Gasteiger partial charge in [-0.05, 0) is 117 Å². The molecule has 1 heterocycles. The number of fused-ring (bicyclic) bond motifs is 1. The number of aliphatic imine (C=N–C) groups is 1. The van der Waals surface area contributed by atoms with Crippen molar-refractivity contribution in [2.75, 3.05) is 11.9 Å². The Bertz CT molecular complexity index is 3620. The molecule has 1 aromatic heterocycles. The summed E-state index contributed by atoms with van der Waals surface area (Å²) in [7, 11) is 1.68. The predicted molar refractivity (Wildman–Crippen MR) is 294 cm³/mol. The normalized spacial score (nSPS) is 11.3. The van der Waals surface area contributed by atoms with Gasteiger partial charge in [-0.1, -0.05) is 188 Å². The van der Waals surface area contributed by atoms with Crippen LogP contribution in [0.3, 0.4) is 0 Å². The molecule has 0 amide bonds. The van der Waals surface area contributed by atoms with Gasteiger partial charge in [-0.2, -0.15) is 0 Å². The molecular weight excluding hydrogens is 867 g/mol. The smallest absolute Gasteiger partial charge is 0.223 e. The van der Waals surface area contributed by atoms with E-state index in [0.29, 0.717) is 11.5 Å². The summed E-state index contributed by atoms with van der Waals surface area (Å²) in [5, 5.41) is 8.56. The molecule has 0 spiro atoms. The van der Waals surface area contributed by atoms with Crippen LogP contribution in [0.15, 0.2) is 266 Å². The molecular formula is C65H47N5O. The fourth-order valence-corrected chi connectivity index (χ4v) is 9.05. The van der Waals surface area contributed by atoms with Gasteiger partial charge < -0.3 is 9.64 Å². The van der Waals surface area contributed by atoms with Crippen LogP contribution in [0.4, 0.5) is 17.1 Å². The van der Waals surface area contributed by atoms with Gasteiger partial charge >= 0.3 is 0 Å². The van der Waals surface area contributed by atoms with E-state index in [1.165, 1.54) is 16.7 Å². The average molecular weight is 914 g/mol. The standard InChI is InChI=1S/C65H47N5O/c1-67-65(71-64(66)53-23-13-5-14-24-53)54-37-41-57(42-38-54)70(55-25-15-6-16-26-55)56-39-35-52(36-40-56)63-62(51-21-11-4-12-22-51)68-60-43-58(49-31-27-47(28-32-49)45-17-7-2-8-18-45)59(44-61(60)69-63)50-33-29-48(30-34-50)46-19-9-3-10-20-46/h2-44,66H,1H3. The number of nitrogens with one attached hydrogen (secondary N) is 1. The van der Waals surface area contributed by atoms with Crippen molar-refractivity contribution < 1.29 is 4.74 Å². The Morgan fingerprint density at radius 2 is 0.704 bits per heavy atom. The number of anilines is 3. The number of nitrogens with zero attached hydrogens (tertiary/aromatic N) is 4. The van der Waals surface area contributed by atoms with Gasteiger partial charge in [-0.25, -0.2) is 9.97 Å². The SMILES string of the molecule is CN=C(OC(=N)c1ccccc1)c1ccc(N(c2ccccc2)c2ccc(-c3nc4cc(-c5ccc(-c6ccccc6)cc5)c(-c5ccc(-c6ccccc6)cc5)cc4nc3-c3ccccc3)cc2)cc1. The monoisotopic (exact) mass is 913 g/mol. The minimum Gasteiger partial charge on any atom is -0.420 e. The van der Waals surface area contributed by atoms with E-state index in [-0.39, 0.29) is 5.90 Å². The van der Waals surface area contributed by atoms with Crippen molar-refractivity contribution >= 4 is 39.9 Å². The molecule has 0 unspecified atom stereocenters. The van der Waals surface area contributed by atoms with Gasteiger partial charge in [0.2, 0.25) is 11.8 Å². The number of para-hydroxylation sites is 1. The van der Waals surface area contributed by atoms with E-state index < -0.39 is 0 Å². The van der Waals surface area contributed by atoms with Gasteiger partial charge in [0, 0.05) is 46.4 Å². The summed E-state index contributed by atoms with van der Waals surface area (Å²) in [5.74, 6) is 0.408. The average Bonchev–Trinajstić information content (AvgIpc) is 3.45. The molecule has 1 N–H and O–H groups in total. The van der Waals surface area contributed by atoms with Gasteiger partial charge in [0.05, 0.1) is 22.4 Å². The lowest BCUT2D eigenvalue weighted by Crippen LogP contribution is -2.14. The second-order valence-corrected chi connectivity index (χ2v) is 17.2. The number of hydrogen-bond acceptors (Lipinski definition) is 6. The van der Waals surface area contributed by atoms with E-state index in [4.69, 9.17) is 20.1 Å². The Kier molecular flexibility index (Phi) is 12.4. The maximum Gasteiger partial charge on any atom is 0.223 e. The lowest BCUT2D eigenvalue weighted by molar-refractivity contribution is 0.542. The molecule has 0 aliphatic rings. The van der Waals surface area contributed by atoms with Gasteiger partial charge in [0.25, 0.3) is 0 Å². The largest absolute Gasteiger partial charge is 0.420 e. The summed E-state index contributed by atoms with van der Waals surface area (Å²) in [4.78, 5) is 17.6. The Hall–Kier alpha value is -9.52. The molecule has 0 saturated carbocycles. The Labute approximate surface area is 414 Å². The first-order chi connectivity index (χ1) is 35.1. The van der Waals surface area contributed by atoms with E-state index in [9.17, 15) is 0 Å². The highest BCUT2D eigenvalue weighted by atomic mass is 16.5. The molecule has 6 heteroatoms. The first-order valence-electron chi connectivity index (χ1n) is 23.6. The summed E-state index contributed by atoms with van der Waals surface area (Å²) in [6, 6.07) is 89.7. The van der Waals surface area contributed by atoms with Crippen LogP contribution < -0.4 is 4.90 Å². The number of rotatable bonds is 11. The number of hydrogen-bond donors (Lipinski definition) is 1. The number of ether oxygens (including phenoxy) is 1. The molecule has 338 valence electrons. The van der Waals surface area contributed by atoms with E-state index in [1.54, 1.807) is 7.05 Å². The second-order valence-electron chi connectivity index (χ2n) is 17.2. The molecule has 10 aromatic carbocycles. The first-order valence-corrected chi connectivity index (χ1v) is 23.6. The second kappa shape index (κ2) is 20.0. The molecule has 0 radical (unpaired) electrons. The summed E-state index contributed by atoms with van der Waals surface area (Å²) in [5.41, 5.74) is 18.6. The molecule has 11 aromatic rings. The third-order valence-corrected chi connectivity index (χ3v) is 12.7. The molecule has 0 saturated heterocycles. The van der Waals surface area contributed by atoms with Crippen molar-refractivity contribution in [3.63, 3.8) is 0 Å². The molecule has 11 rings (SSSR count). The van der Waals surface area contributed by atoms with Crippen LogP contribution in [0, 0.1) is 5.41 Å². The lowest BCUT2D eigenvalue weighted by Gasteiger charge is -2.26. The third-order valence-electron chi connectivity index (χ3n) is 12.7. The highest BCUT2D eigenvalue weighted by molar-refractivity contribution is 6.06. The van der Waals surface area contributed by atoms with Crippen LogP contribution >= 0.6 is 0 Å². The zero-order valence-electron chi connectivity index (χ0n) is 39.0. The van der Waals surface area contributed by atoms with Gasteiger partial charge in [-0.15, -0.1) is 0 Å². The topological polar surface area (TPSA) is 74.5 Å². The minimum atomic E-state index is 0.0387. The maximum absolute atomic E-state index is 8.56. The van der Waals surface area contributed by atoms with Crippen molar-refractivity contribution in [1.82, 2.24) is 9.97 Å². The summed E-state index contributed by atoms with van der Waals surface area (Å²) >= 11 is 0. The lowest BCUT2D eigenvalue weighted by atomic mass is 9.91. The molecule has 0 bridgehead atoms. The molecule has 71 heavy (non-hydrogen) atoms. The highest BCUT2D eigenvalue weighted by Gasteiger charge is 2.20. The van der Waals surface area contributed by atoms with Crippen molar-refractivity contribution in [2.24, 2.45) is 4.99 Å². The minimum absolute atomic E-state index is 0.0387. The summed E-state index contributed by atoms with van der Waals surface area (Å²) < 4.78 is 5.97. The van der Waals surface area contributed by atoms with E-state index in [1.807, 2.05) is 91.0 Å². The fraction of sp³-hybridized carbons (Fsp3) is 0.0154. The zero-order valence-corrected chi connectivity index (χ0v) is 39.0. The van der Waals surface area contributed by atoms with E-state index >= 15 is 0 Å². The van der Waals surface area contributed by atoms with Crippen LogP contribution in [-0.2, 0) is 4.74 Å². The molecule has 6 nitrogen and oxygen atoms in total. The zero-order chi connectivity index (χ0) is 47.9. The van der Waals surface area contributed by atoms with Crippen LogP contribution in [0.1, 0.15) is 11.1 Å². The summed E-state index contributed by atoms with van der Waals surface area (Å²) in [6.07, 6.45) is 0. The quantitative estimate of drug-likeness (QED) is 0.104. The van der Waals surface area contributed by atoms with Crippen LogP contribution in [0.25, 0.3) is 78.1 Å². The Morgan fingerprint density at radius 1 is 0.366 bits per heavy atom. The molecule has 0 fully saturated rings. The fourth-order valence-electron chi connectivity index (χ4n) is 9.05. The summed E-state index contributed by atoms with van der Waals surface area (Å²) in [6.45, 7) is 0. The van der Waals surface area contributed by atoms with Crippen LogP contribution in [0.2, 0.25) is 0 Å². The van der Waals surface area contributed by atoms with Crippen molar-refractivity contribution in [1.29, 1.82) is 5.41 Å². The highest BCUT2D eigenvalue weighted by Crippen LogP contribution is 2.41. The number of aromatic nitrogens is 2. The van der Waals surface area contributed by atoms with Gasteiger partial charge in [0.1, 0.15) is 0 Å². The van der Waals surface area contributed by atoms with E-state index in [2.05, 4.69) is 180 Å². The molecule has 0 aliphatic heterocycles. The Morgan fingerprint density at radius 3 is 1.15 bits per heavy atom. The molecule has 0 aliphatic carbocycles. The predicted octanol–water partition coefficient (Wildman–Crippen LogP) is 16.5. The van der Waals surface area contributed by atoms with Crippen LogP contribution in [0.5, 0.6) is 0 Å². The van der Waals surface area contributed by atoms with Crippen molar-refractivity contribution in [3.8, 4) is 67.0 Å². The van der Waals surface area contributed by atoms with Crippen molar-refractivity contribution in [2.45, 2.75) is 0 Å². The number of benzene rings is 10. The maximum atomic E-state index is 8.56. The van der Waals surface area contributed by atoms with Crippen molar-refractivity contribution in [3.05, 3.63) is 272 Å². The Balaban J connectivity index is 0.989. The molecule has 0 atom stereocenters.